The second-order valence-corrected chi connectivity index (χ2v) is 6.58. The highest BCUT2D eigenvalue weighted by molar-refractivity contribution is 7.88. The Morgan fingerprint density at radius 3 is 2.68 bits per heavy atom. The van der Waals surface area contributed by atoms with Crippen molar-refractivity contribution in [3.8, 4) is 0 Å². The minimum Gasteiger partial charge on any atom is -0.394 e. The number of nitrogens with zero attached hydrogens (tertiary/aromatic N) is 1. The number of carbonyl (C=O) groups excluding carboxylic acids is 1. The standard InChI is InChI=1S/C11H14N4O6S/c1-22(20,21)12-4-6-2-7(15(18)19)3-8-10(6)13-9(5-16)11(17)14-8/h2-3,9,12-13,16H,4-5H2,1H3,(H,14,17). The van der Waals surface area contributed by atoms with Crippen LogP contribution in [0.5, 0.6) is 0 Å². The number of aliphatic hydroxyl groups is 1. The molecule has 1 heterocycles. The van der Waals surface area contributed by atoms with E-state index in [1.807, 2.05) is 0 Å². The summed E-state index contributed by atoms with van der Waals surface area (Å²) in [6.07, 6.45) is 0.961. The van der Waals surface area contributed by atoms with Gasteiger partial charge in [-0.1, -0.05) is 0 Å². The van der Waals surface area contributed by atoms with Crippen LogP contribution in [0, 0.1) is 10.1 Å². The van der Waals surface area contributed by atoms with E-state index in [9.17, 15) is 23.3 Å². The number of rotatable bonds is 5. The van der Waals surface area contributed by atoms with E-state index < -0.39 is 33.5 Å². The summed E-state index contributed by atoms with van der Waals surface area (Å²) in [5.74, 6) is -0.530. The minimum absolute atomic E-state index is 0.161. The molecule has 11 heteroatoms. The van der Waals surface area contributed by atoms with Gasteiger partial charge in [0.2, 0.25) is 15.9 Å². The Kier molecular flexibility index (Phi) is 4.30. The third kappa shape index (κ3) is 3.50. The molecule has 0 aliphatic carbocycles. The summed E-state index contributed by atoms with van der Waals surface area (Å²) in [6.45, 7) is -0.662. The van der Waals surface area contributed by atoms with E-state index in [4.69, 9.17) is 5.11 Å². The summed E-state index contributed by atoms with van der Waals surface area (Å²) >= 11 is 0. The van der Waals surface area contributed by atoms with Crippen LogP contribution in [0.4, 0.5) is 17.1 Å². The summed E-state index contributed by atoms with van der Waals surface area (Å²) < 4.78 is 24.6. The van der Waals surface area contributed by atoms with Crippen LogP contribution in [0.2, 0.25) is 0 Å². The fourth-order valence-electron chi connectivity index (χ4n) is 2.00. The molecule has 22 heavy (non-hydrogen) atoms. The number of carbonyl (C=O) groups is 1. The van der Waals surface area contributed by atoms with E-state index in [0.29, 0.717) is 5.69 Å². The normalized spacial score (nSPS) is 17.4. The van der Waals surface area contributed by atoms with Gasteiger partial charge >= 0.3 is 0 Å². The SMILES string of the molecule is CS(=O)(=O)NCc1cc([N+](=O)[O-])cc2c1NC(CO)C(=O)N2. The van der Waals surface area contributed by atoms with Crippen LogP contribution in [0.3, 0.4) is 0 Å². The van der Waals surface area contributed by atoms with Crippen molar-refractivity contribution < 1.29 is 23.2 Å². The van der Waals surface area contributed by atoms with Crippen LogP contribution in [0.15, 0.2) is 12.1 Å². The van der Waals surface area contributed by atoms with E-state index in [1.54, 1.807) is 0 Å². The summed E-state index contributed by atoms with van der Waals surface area (Å²) in [6, 6.07) is 1.46. The lowest BCUT2D eigenvalue weighted by Crippen LogP contribution is -2.42. The Hall–Kier alpha value is -2.24. The van der Waals surface area contributed by atoms with Gasteiger partial charge in [0.1, 0.15) is 6.04 Å². The number of hydrogen-bond donors (Lipinski definition) is 4. The molecule has 0 saturated heterocycles. The van der Waals surface area contributed by atoms with Crippen LogP contribution < -0.4 is 15.4 Å². The lowest BCUT2D eigenvalue weighted by Gasteiger charge is -2.27. The number of nitro groups is 1. The van der Waals surface area contributed by atoms with Crippen LogP contribution in [0.25, 0.3) is 0 Å². The van der Waals surface area contributed by atoms with Crippen LogP contribution in [0.1, 0.15) is 5.56 Å². The average Bonchev–Trinajstić information content (AvgIpc) is 2.42. The second kappa shape index (κ2) is 5.87. The van der Waals surface area contributed by atoms with Gasteiger partial charge < -0.3 is 15.7 Å². The highest BCUT2D eigenvalue weighted by Gasteiger charge is 2.28. The van der Waals surface area contributed by atoms with Crippen molar-refractivity contribution >= 4 is 33.0 Å². The smallest absolute Gasteiger partial charge is 0.271 e. The number of nitrogens with one attached hydrogen (secondary N) is 3. The number of sulfonamides is 1. The van der Waals surface area contributed by atoms with E-state index in [1.165, 1.54) is 6.07 Å². The second-order valence-electron chi connectivity index (χ2n) is 4.75. The summed E-state index contributed by atoms with van der Waals surface area (Å²) in [5, 5.41) is 25.3. The monoisotopic (exact) mass is 330 g/mol. The Morgan fingerprint density at radius 1 is 1.45 bits per heavy atom. The van der Waals surface area contributed by atoms with Crippen molar-refractivity contribution in [2.45, 2.75) is 12.6 Å². The van der Waals surface area contributed by atoms with Gasteiger partial charge in [0, 0.05) is 18.7 Å². The van der Waals surface area contributed by atoms with Crippen LogP contribution >= 0.6 is 0 Å². The molecule has 0 bridgehead atoms. The maximum absolute atomic E-state index is 11.7. The van der Waals surface area contributed by atoms with Gasteiger partial charge in [-0.25, -0.2) is 13.1 Å². The quantitative estimate of drug-likeness (QED) is 0.414. The molecular formula is C11H14N4O6S. The number of amides is 1. The fourth-order valence-corrected chi connectivity index (χ4v) is 2.41. The Balaban J connectivity index is 2.46. The number of fused-ring (bicyclic) bond motifs is 1. The third-order valence-electron chi connectivity index (χ3n) is 3.02. The molecule has 1 aromatic rings. The molecule has 1 unspecified atom stereocenters. The first kappa shape index (κ1) is 16.1. The number of non-ortho nitro benzene ring substituents is 1. The van der Waals surface area contributed by atoms with Gasteiger partial charge in [-0.3, -0.25) is 14.9 Å². The first-order valence-electron chi connectivity index (χ1n) is 6.15. The molecule has 120 valence electrons. The zero-order valence-corrected chi connectivity index (χ0v) is 12.3. The molecule has 0 spiro atoms. The predicted molar refractivity (Wildman–Crippen MR) is 77.9 cm³/mol. The minimum atomic E-state index is -3.50. The number of nitro benzene ring substituents is 1. The van der Waals surface area contributed by atoms with Gasteiger partial charge in [-0.15, -0.1) is 0 Å². The maximum Gasteiger partial charge on any atom is 0.271 e. The molecule has 10 nitrogen and oxygen atoms in total. The number of benzene rings is 1. The first-order chi connectivity index (χ1) is 10.2. The molecule has 4 N–H and O–H groups in total. The van der Waals surface area contributed by atoms with E-state index in [2.05, 4.69) is 15.4 Å². The van der Waals surface area contributed by atoms with Gasteiger partial charge in [0.05, 0.1) is 29.2 Å². The van der Waals surface area contributed by atoms with Crippen molar-refractivity contribution in [2.24, 2.45) is 0 Å². The zero-order valence-electron chi connectivity index (χ0n) is 11.5. The molecule has 1 amide bonds. The topological polar surface area (TPSA) is 151 Å². The Labute approximate surface area is 125 Å². The fraction of sp³-hybridized carbons (Fsp3) is 0.364. The molecule has 1 aromatic carbocycles. The molecule has 1 aliphatic rings. The van der Waals surface area contributed by atoms with Crippen molar-refractivity contribution in [2.75, 3.05) is 23.5 Å². The first-order valence-corrected chi connectivity index (χ1v) is 8.04. The van der Waals surface area contributed by atoms with E-state index in [-0.39, 0.29) is 23.5 Å². The van der Waals surface area contributed by atoms with E-state index >= 15 is 0 Å². The van der Waals surface area contributed by atoms with Crippen LogP contribution in [-0.4, -0.2) is 43.3 Å². The molecule has 1 aliphatic heterocycles. The average molecular weight is 330 g/mol. The lowest BCUT2D eigenvalue weighted by atomic mass is 10.1. The van der Waals surface area contributed by atoms with Gasteiger partial charge in [-0.2, -0.15) is 0 Å². The Morgan fingerprint density at radius 2 is 2.14 bits per heavy atom. The summed E-state index contributed by atoms with van der Waals surface area (Å²) in [7, 11) is -3.50. The number of hydrogen-bond acceptors (Lipinski definition) is 7. The summed E-state index contributed by atoms with van der Waals surface area (Å²) in [4.78, 5) is 22.0. The highest BCUT2D eigenvalue weighted by atomic mass is 32.2. The molecule has 0 aromatic heterocycles. The molecule has 2 rings (SSSR count). The molecule has 0 saturated carbocycles. The molecule has 0 fully saturated rings. The van der Waals surface area contributed by atoms with Crippen molar-refractivity contribution in [3.63, 3.8) is 0 Å². The van der Waals surface area contributed by atoms with Crippen LogP contribution in [-0.2, 0) is 21.4 Å². The van der Waals surface area contributed by atoms with Crippen molar-refractivity contribution in [1.82, 2.24) is 4.72 Å². The van der Waals surface area contributed by atoms with Gasteiger partial charge in [0.15, 0.2) is 0 Å². The zero-order chi connectivity index (χ0) is 16.5. The van der Waals surface area contributed by atoms with Crippen molar-refractivity contribution in [1.29, 1.82) is 0 Å². The predicted octanol–water partition coefficient (Wildman–Crippen LogP) is -0.631. The largest absolute Gasteiger partial charge is 0.394 e. The van der Waals surface area contributed by atoms with Gasteiger partial charge in [0.25, 0.3) is 5.69 Å². The molecular weight excluding hydrogens is 316 g/mol. The lowest BCUT2D eigenvalue weighted by molar-refractivity contribution is -0.384. The van der Waals surface area contributed by atoms with Gasteiger partial charge in [-0.05, 0) is 5.56 Å². The summed E-state index contributed by atoms with van der Waals surface area (Å²) in [5.41, 5.74) is 0.497. The number of aliphatic hydroxyl groups excluding tert-OH is 1. The number of anilines is 2. The third-order valence-corrected chi connectivity index (χ3v) is 3.68. The van der Waals surface area contributed by atoms with E-state index in [0.717, 1.165) is 12.3 Å². The maximum atomic E-state index is 11.7. The Bertz CT molecular complexity index is 732. The highest BCUT2D eigenvalue weighted by Crippen LogP contribution is 2.34. The van der Waals surface area contributed by atoms with Crippen molar-refractivity contribution in [3.05, 3.63) is 27.8 Å². The molecule has 0 radical (unpaired) electrons. The molecule has 1 atom stereocenters.